The third kappa shape index (κ3) is 5.09. The summed E-state index contributed by atoms with van der Waals surface area (Å²) in [5, 5.41) is 0. The second-order valence-electron chi connectivity index (χ2n) is 5.65. The highest BCUT2D eigenvalue weighted by atomic mass is 32.1. The van der Waals surface area contributed by atoms with Crippen LogP contribution in [0.15, 0.2) is 0 Å². The molecule has 0 bridgehead atoms. The second-order valence-corrected chi connectivity index (χ2v) is 6.17. The van der Waals surface area contributed by atoms with Crippen LogP contribution in [0.4, 0.5) is 0 Å². The maximum Gasteiger partial charge on any atom is 0.226 e. The molecule has 0 heterocycles. The fourth-order valence-corrected chi connectivity index (χ4v) is 3.23. The van der Waals surface area contributed by atoms with E-state index < -0.39 is 0 Å². The van der Waals surface area contributed by atoms with E-state index in [1.807, 2.05) is 4.90 Å². The maximum atomic E-state index is 12.8. The summed E-state index contributed by atoms with van der Waals surface area (Å²) in [6.07, 6.45) is 8.74. The number of amides is 1. The zero-order valence-electron chi connectivity index (χ0n) is 12.4. The molecule has 0 atom stereocenters. The second kappa shape index (κ2) is 8.51. The van der Waals surface area contributed by atoms with Crippen molar-refractivity contribution in [2.24, 2.45) is 11.7 Å². The van der Waals surface area contributed by atoms with Gasteiger partial charge < -0.3 is 10.6 Å². The molecule has 0 aromatic rings. The number of thiocarbonyl (C=S) groups is 1. The first-order valence-electron chi connectivity index (χ1n) is 7.68. The summed E-state index contributed by atoms with van der Waals surface area (Å²) >= 11 is 5.03. The van der Waals surface area contributed by atoms with Gasteiger partial charge in [0.25, 0.3) is 0 Å². The summed E-state index contributed by atoms with van der Waals surface area (Å²) < 4.78 is 0. The van der Waals surface area contributed by atoms with Crippen LogP contribution in [-0.2, 0) is 4.79 Å². The van der Waals surface area contributed by atoms with Gasteiger partial charge in [-0.3, -0.25) is 4.79 Å². The summed E-state index contributed by atoms with van der Waals surface area (Å²) in [5.41, 5.74) is 5.68. The quantitative estimate of drug-likeness (QED) is 0.696. The SMILES string of the molecule is CCCC(CCC)C(=O)N(CC(N)=S)C1CCCC1. The van der Waals surface area contributed by atoms with Gasteiger partial charge in [-0.25, -0.2) is 0 Å². The summed E-state index contributed by atoms with van der Waals surface area (Å²) in [6, 6.07) is 0.366. The van der Waals surface area contributed by atoms with E-state index >= 15 is 0 Å². The molecule has 0 aromatic carbocycles. The first kappa shape index (κ1) is 16.4. The molecule has 0 saturated heterocycles. The number of nitrogens with two attached hydrogens (primary N) is 1. The van der Waals surface area contributed by atoms with Crippen LogP contribution in [0.25, 0.3) is 0 Å². The Kier molecular flexibility index (Phi) is 7.36. The largest absolute Gasteiger partial charge is 0.392 e. The lowest BCUT2D eigenvalue weighted by Crippen LogP contribution is -2.46. The van der Waals surface area contributed by atoms with Crippen molar-refractivity contribution in [2.45, 2.75) is 71.3 Å². The van der Waals surface area contributed by atoms with Crippen LogP contribution in [0.5, 0.6) is 0 Å². The first-order chi connectivity index (χ1) is 9.10. The maximum absolute atomic E-state index is 12.8. The smallest absolute Gasteiger partial charge is 0.226 e. The minimum absolute atomic E-state index is 0.157. The molecule has 0 radical (unpaired) electrons. The highest BCUT2D eigenvalue weighted by Crippen LogP contribution is 2.26. The highest BCUT2D eigenvalue weighted by molar-refractivity contribution is 7.80. The molecule has 1 aliphatic rings. The third-order valence-electron chi connectivity index (χ3n) is 4.00. The van der Waals surface area contributed by atoms with Crippen LogP contribution in [0.2, 0.25) is 0 Å². The fourth-order valence-electron chi connectivity index (χ4n) is 3.09. The average molecular weight is 284 g/mol. The van der Waals surface area contributed by atoms with Crippen molar-refractivity contribution in [1.82, 2.24) is 4.90 Å². The van der Waals surface area contributed by atoms with E-state index in [1.165, 1.54) is 12.8 Å². The number of hydrogen-bond donors (Lipinski definition) is 1. The van der Waals surface area contributed by atoms with Crippen molar-refractivity contribution in [2.75, 3.05) is 6.54 Å². The van der Waals surface area contributed by atoms with Crippen molar-refractivity contribution < 1.29 is 4.79 Å². The van der Waals surface area contributed by atoms with Crippen molar-refractivity contribution >= 4 is 23.1 Å². The molecule has 0 aliphatic heterocycles. The molecule has 1 rings (SSSR count). The Morgan fingerprint density at radius 2 is 1.79 bits per heavy atom. The molecule has 1 saturated carbocycles. The molecule has 4 heteroatoms. The van der Waals surface area contributed by atoms with Gasteiger partial charge in [0.2, 0.25) is 5.91 Å². The predicted octanol–water partition coefficient (Wildman–Crippen LogP) is 3.26. The van der Waals surface area contributed by atoms with Gasteiger partial charge in [-0.1, -0.05) is 51.7 Å². The molecule has 1 fully saturated rings. The molecule has 1 aliphatic carbocycles. The average Bonchev–Trinajstić information content (AvgIpc) is 2.88. The molecular weight excluding hydrogens is 256 g/mol. The third-order valence-corrected chi connectivity index (χ3v) is 4.13. The van der Waals surface area contributed by atoms with Gasteiger partial charge in [-0.05, 0) is 25.7 Å². The van der Waals surface area contributed by atoms with Gasteiger partial charge in [0.05, 0.1) is 11.5 Å². The summed E-state index contributed by atoms with van der Waals surface area (Å²) in [6.45, 7) is 4.75. The summed E-state index contributed by atoms with van der Waals surface area (Å²) in [4.78, 5) is 15.2. The number of carbonyl (C=O) groups excluding carboxylic acids is 1. The molecule has 110 valence electrons. The molecule has 0 spiro atoms. The number of rotatable bonds is 8. The van der Waals surface area contributed by atoms with Crippen molar-refractivity contribution in [1.29, 1.82) is 0 Å². The van der Waals surface area contributed by atoms with Crippen LogP contribution >= 0.6 is 12.2 Å². The number of carbonyl (C=O) groups is 1. The van der Waals surface area contributed by atoms with Crippen molar-refractivity contribution in [3.8, 4) is 0 Å². The number of hydrogen-bond acceptors (Lipinski definition) is 2. The Morgan fingerprint density at radius 1 is 1.26 bits per heavy atom. The Hall–Kier alpha value is -0.640. The van der Waals surface area contributed by atoms with E-state index in [0.717, 1.165) is 38.5 Å². The Labute approximate surface area is 122 Å². The monoisotopic (exact) mass is 284 g/mol. The van der Waals surface area contributed by atoms with Gasteiger partial charge in [-0.15, -0.1) is 0 Å². The normalized spacial score (nSPS) is 15.9. The van der Waals surface area contributed by atoms with Crippen molar-refractivity contribution in [3.05, 3.63) is 0 Å². The van der Waals surface area contributed by atoms with Crippen LogP contribution in [0.1, 0.15) is 65.2 Å². The zero-order valence-corrected chi connectivity index (χ0v) is 13.2. The molecular formula is C15H28N2OS. The first-order valence-corrected chi connectivity index (χ1v) is 8.09. The lowest BCUT2D eigenvalue weighted by atomic mass is 9.95. The van der Waals surface area contributed by atoms with Gasteiger partial charge in [-0.2, -0.15) is 0 Å². The highest BCUT2D eigenvalue weighted by Gasteiger charge is 2.30. The minimum Gasteiger partial charge on any atom is -0.392 e. The molecule has 2 N–H and O–H groups in total. The van der Waals surface area contributed by atoms with E-state index in [1.54, 1.807) is 0 Å². The van der Waals surface area contributed by atoms with Gasteiger partial charge in [0.1, 0.15) is 0 Å². The van der Waals surface area contributed by atoms with Crippen molar-refractivity contribution in [3.63, 3.8) is 0 Å². The molecule has 1 amide bonds. The van der Waals surface area contributed by atoms with Crippen LogP contribution in [0, 0.1) is 5.92 Å². The van der Waals surface area contributed by atoms with Crippen LogP contribution in [-0.4, -0.2) is 28.4 Å². The van der Waals surface area contributed by atoms with E-state index in [2.05, 4.69) is 13.8 Å². The molecule has 19 heavy (non-hydrogen) atoms. The van der Waals surface area contributed by atoms with Gasteiger partial charge in [0, 0.05) is 12.0 Å². The lowest BCUT2D eigenvalue weighted by molar-refractivity contribution is -0.137. The fraction of sp³-hybridized carbons (Fsp3) is 0.867. The molecule has 3 nitrogen and oxygen atoms in total. The molecule has 0 unspecified atom stereocenters. The van der Waals surface area contributed by atoms with E-state index in [-0.39, 0.29) is 11.8 Å². The summed E-state index contributed by atoms with van der Waals surface area (Å²) in [7, 11) is 0. The van der Waals surface area contributed by atoms with Gasteiger partial charge in [0.15, 0.2) is 0 Å². The van der Waals surface area contributed by atoms with Gasteiger partial charge >= 0.3 is 0 Å². The van der Waals surface area contributed by atoms with Crippen LogP contribution in [0.3, 0.4) is 0 Å². The Balaban J connectivity index is 2.75. The van der Waals surface area contributed by atoms with E-state index in [9.17, 15) is 4.79 Å². The topological polar surface area (TPSA) is 46.3 Å². The minimum atomic E-state index is 0.157. The van der Waals surface area contributed by atoms with E-state index in [0.29, 0.717) is 17.6 Å². The standard InChI is InChI=1S/C15H28N2OS/c1-3-7-12(8-4-2)15(18)17(11-14(16)19)13-9-5-6-10-13/h12-13H,3-11H2,1-2H3,(H2,16,19). The lowest BCUT2D eigenvalue weighted by Gasteiger charge is -2.32. The predicted molar refractivity (Wildman–Crippen MR) is 84.1 cm³/mol. The number of nitrogens with zero attached hydrogens (tertiary/aromatic N) is 1. The zero-order chi connectivity index (χ0) is 14.3. The Bertz CT molecular complexity index is 295. The van der Waals surface area contributed by atoms with E-state index in [4.69, 9.17) is 18.0 Å². The molecule has 0 aromatic heterocycles. The summed E-state index contributed by atoms with van der Waals surface area (Å²) in [5.74, 6) is 0.438. The van der Waals surface area contributed by atoms with Crippen LogP contribution < -0.4 is 5.73 Å². The Morgan fingerprint density at radius 3 is 2.21 bits per heavy atom.